The molecule has 0 unspecified atom stereocenters. The molecule has 0 N–H and O–H groups in total. The quantitative estimate of drug-likeness (QED) is 0.459. The number of fused-ring (bicyclic) bond motifs is 1. The average Bonchev–Trinajstić information content (AvgIpc) is 3.53. The zero-order valence-electron chi connectivity index (χ0n) is 19.6. The zero-order valence-corrected chi connectivity index (χ0v) is 19.6. The number of hydrogen-bond donors (Lipinski definition) is 0. The Morgan fingerprint density at radius 1 is 1.00 bits per heavy atom. The van der Waals surface area contributed by atoms with Gasteiger partial charge in [0.2, 0.25) is 0 Å². The largest absolute Gasteiger partial charge is 0.377 e. The summed E-state index contributed by atoms with van der Waals surface area (Å²) in [5, 5.41) is 10.1. The summed E-state index contributed by atoms with van der Waals surface area (Å²) in [6.45, 7) is 5.11. The summed E-state index contributed by atoms with van der Waals surface area (Å²) in [7, 11) is 1.97. The molecule has 2 aliphatic rings. The molecule has 2 atom stereocenters. The number of anilines is 1. The lowest BCUT2D eigenvalue weighted by Gasteiger charge is -2.34. The highest BCUT2D eigenvalue weighted by Crippen LogP contribution is 2.37. The van der Waals surface area contributed by atoms with Crippen molar-refractivity contribution in [1.29, 1.82) is 0 Å². The van der Waals surface area contributed by atoms with Crippen LogP contribution in [0.1, 0.15) is 32.4 Å². The third-order valence-electron chi connectivity index (χ3n) is 6.81. The van der Waals surface area contributed by atoms with Crippen molar-refractivity contribution in [2.75, 3.05) is 31.3 Å². The fourth-order valence-electron chi connectivity index (χ4n) is 5.04. The lowest BCUT2D eigenvalue weighted by molar-refractivity contribution is -0.0383. The van der Waals surface area contributed by atoms with E-state index in [9.17, 15) is 0 Å². The molecule has 0 aromatic carbocycles. The number of nitrogens with zero attached hydrogens (tertiary/aromatic N) is 7. The van der Waals surface area contributed by atoms with Crippen molar-refractivity contribution in [2.45, 2.75) is 38.5 Å². The number of hydrogen-bond acceptors (Lipinski definition) is 7. The van der Waals surface area contributed by atoms with Crippen molar-refractivity contribution in [3.8, 4) is 22.6 Å². The number of pyridine rings is 2. The monoisotopic (exact) mass is 459 g/mol. The van der Waals surface area contributed by atoms with Gasteiger partial charge in [-0.15, -0.1) is 0 Å². The van der Waals surface area contributed by atoms with E-state index in [1.54, 1.807) is 0 Å². The van der Waals surface area contributed by atoms with E-state index in [1.165, 1.54) is 0 Å². The molecule has 0 spiro atoms. The maximum absolute atomic E-state index is 6.05. The summed E-state index contributed by atoms with van der Waals surface area (Å²) in [4.78, 5) is 12.3. The summed E-state index contributed by atoms with van der Waals surface area (Å²) in [5.74, 6) is 0.925. The molecule has 0 bridgehead atoms. The van der Waals surface area contributed by atoms with Crippen LogP contribution in [0.25, 0.3) is 33.5 Å². The van der Waals surface area contributed by atoms with E-state index < -0.39 is 0 Å². The predicted octanol–water partition coefficient (Wildman–Crippen LogP) is 3.82. The Balaban J connectivity index is 1.57. The Bertz CT molecular complexity index is 1310. The van der Waals surface area contributed by atoms with Crippen molar-refractivity contribution < 1.29 is 9.47 Å². The second kappa shape index (κ2) is 8.81. The molecule has 6 heterocycles. The maximum atomic E-state index is 6.05. The second-order valence-electron chi connectivity index (χ2n) is 9.02. The Hall–Kier alpha value is -3.30. The molecule has 176 valence electrons. The minimum Gasteiger partial charge on any atom is -0.377 e. The third kappa shape index (κ3) is 3.65. The van der Waals surface area contributed by atoms with E-state index >= 15 is 0 Å². The Kier molecular flexibility index (Phi) is 5.50. The van der Waals surface area contributed by atoms with Gasteiger partial charge in [0.25, 0.3) is 0 Å². The zero-order chi connectivity index (χ0) is 23.1. The van der Waals surface area contributed by atoms with Gasteiger partial charge in [0, 0.05) is 49.7 Å². The summed E-state index contributed by atoms with van der Waals surface area (Å²) >= 11 is 0. The van der Waals surface area contributed by atoms with E-state index in [4.69, 9.17) is 19.4 Å². The number of aromatic nitrogens is 6. The van der Waals surface area contributed by atoms with Crippen LogP contribution in [0.5, 0.6) is 0 Å². The predicted molar refractivity (Wildman–Crippen MR) is 129 cm³/mol. The van der Waals surface area contributed by atoms with Crippen molar-refractivity contribution in [2.24, 2.45) is 7.05 Å². The Morgan fingerprint density at radius 2 is 1.88 bits per heavy atom. The van der Waals surface area contributed by atoms with Gasteiger partial charge in [-0.05, 0) is 50.5 Å². The minimum absolute atomic E-state index is 0.0743. The first kappa shape index (κ1) is 21.2. The van der Waals surface area contributed by atoms with Crippen LogP contribution in [0.3, 0.4) is 0 Å². The van der Waals surface area contributed by atoms with Crippen LogP contribution in [0.2, 0.25) is 0 Å². The summed E-state index contributed by atoms with van der Waals surface area (Å²) in [6.07, 6.45) is 8.61. The van der Waals surface area contributed by atoms with Gasteiger partial charge in [-0.3, -0.25) is 9.67 Å². The van der Waals surface area contributed by atoms with Crippen LogP contribution in [0, 0.1) is 0 Å². The fraction of sp³-hybridized carbons (Fsp3) is 0.440. The van der Waals surface area contributed by atoms with Gasteiger partial charge in [-0.1, -0.05) is 0 Å². The number of morpholine rings is 1. The van der Waals surface area contributed by atoms with Gasteiger partial charge in [-0.2, -0.15) is 10.2 Å². The number of ether oxygens (including phenoxy) is 2. The van der Waals surface area contributed by atoms with Crippen LogP contribution in [0.15, 0.2) is 42.9 Å². The van der Waals surface area contributed by atoms with Crippen molar-refractivity contribution in [1.82, 2.24) is 29.5 Å². The SMILES string of the molecule is C[C@@H]1COCCN1c1cc(-c2ccnn2C)c2ccnc(-c3ccnn3[C@H]3CCCCO3)c2n1. The third-order valence-corrected chi connectivity index (χ3v) is 6.81. The van der Waals surface area contributed by atoms with Crippen molar-refractivity contribution in [3.05, 3.63) is 42.9 Å². The molecule has 6 rings (SSSR count). The molecule has 2 aliphatic heterocycles. The molecule has 9 heteroatoms. The average molecular weight is 460 g/mol. The maximum Gasteiger partial charge on any atom is 0.150 e. The number of aryl methyl sites for hydroxylation is 1. The van der Waals surface area contributed by atoms with E-state index in [2.05, 4.69) is 28.1 Å². The standard InChI is InChI=1S/C25H29N7O2/c1-17-16-33-14-12-31(17)22-15-19(20-7-10-27-30(20)2)18-6-9-26-25(24(18)29-22)21-8-11-28-32(21)23-5-3-4-13-34-23/h6-11,15,17,23H,3-5,12-14,16H2,1-2H3/t17-,23-/m1/s1. The second-order valence-corrected chi connectivity index (χ2v) is 9.02. The first-order chi connectivity index (χ1) is 16.7. The molecule has 4 aromatic rings. The lowest BCUT2D eigenvalue weighted by Crippen LogP contribution is -2.44. The number of rotatable bonds is 4. The topological polar surface area (TPSA) is 83.1 Å². The van der Waals surface area contributed by atoms with E-state index in [0.717, 1.165) is 71.8 Å². The molecule has 2 saturated heterocycles. The first-order valence-corrected chi connectivity index (χ1v) is 12.0. The van der Waals surface area contributed by atoms with Crippen LogP contribution >= 0.6 is 0 Å². The highest BCUT2D eigenvalue weighted by molar-refractivity contribution is 6.01. The minimum atomic E-state index is -0.0743. The molecule has 34 heavy (non-hydrogen) atoms. The Morgan fingerprint density at radius 3 is 2.68 bits per heavy atom. The van der Waals surface area contributed by atoms with Gasteiger partial charge < -0.3 is 14.4 Å². The molecule has 0 radical (unpaired) electrons. The summed E-state index contributed by atoms with van der Waals surface area (Å²) < 4.78 is 15.6. The molecule has 2 fully saturated rings. The summed E-state index contributed by atoms with van der Waals surface area (Å²) in [5.41, 5.74) is 4.72. The van der Waals surface area contributed by atoms with Crippen LogP contribution in [-0.4, -0.2) is 61.9 Å². The van der Waals surface area contributed by atoms with Crippen LogP contribution < -0.4 is 4.90 Å². The lowest BCUT2D eigenvalue weighted by atomic mass is 10.0. The van der Waals surface area contributed by atoms with Gasteiger partial charge in [0.1, 0.15) is 17.0 Å². The van der Waals surface area contributed by atoms with Crippen molar-refractivity contribution >= 4 is 16.7 Å². The smallest absolute Gasteiger partial charge is 0.150 e. The molecule has 0 saturated carbocycles. The molecule has 9 nitrogen and oxygen atoms in total. The highest BCUT2D eigenvalue weighted by atomic mass is 16.5. The van der Waals surface area contributed by atoms with E-state index in [-0.39, 0.29) is 12.3 Å². The normalized spacial score (nSPS) is 21.3. The first-order valence-electron chi connectivity index (χ1n) is 12.0. The van der Waals surface area contributed by atoms with Gasteiger partial charge in [0.15, 0.2) is 6.23 Å². The van der Waals surface area contributed by atoms with Gasteiger partial charge in [-0.25, -0.2) is 9.67 Å². The van der Waals surface area contributed by atoms with E-state index in [1.807, 2.05) is 53.2 Å². The van der Waals surface area contributed by atoms with Gasteiger partial charge >= 0.3 is 0 Å². The van der Waals surface area contributed by atoms with E-state index in [0.29, 0.717) is 13.2 Å². The van der Waals surface area contributed by atoms with Gasteiger partial charge in [0.05, 0.1) is 30.6 Å². The molecular weight excluding hydrogens is 430 g/mol. The molecule has 4 aromatic heterocycles. The molecular formula is C25H29N7O2. The highest BCUT2D eigenvalue weighted by Gasteiger charge is 2.25. The van der Waals surface area contributed by atoms with Crippen LogP contribution in [-0.2, 0) is 16.5 Å². The Labute approximate surface area is 198 Å². The summed E-state index contributed by atoms with van der Waals surface area (Å²) in [6, 6.07) is 8.50. The fourth-order valence-corrected chi connectivity index (χ4v) is 5.04. The molecule has 0 amide bonds. The molecule has 0 aliphatic carbocycles. The van der Waals surface area contributed by atoms with Crippen molar-refractivity contribution in [3.63, 3.8) is 0 Å². The van der Waals surface area contributed by atoms with Crippen LogP contribution in [0.4, 0.5) is 5.82 Å².